The van der Waals surface area contributed by atoms with E-state index in [0.717, 1.165) is 17.7 Å². The molecule has 39 heavy (non-hydrogen) atoms. The van der Waals surface area contributed by atoms with Gasteiger partial charge >= 0.3 is 12.4 Å². The normalized spacial score (nSPS) is 17.2. The summed E-state index contributed by atoms with van der Waals surface area (Å²) >= 11 is 0. The van der Waals surface area contributed by atoms with Gasteiger partial charge in [-0.2, -0.15) is 31.1 Å². The van der Waals surface area contributed by atoms with Crippen LogP contribution in [0.2, 0.25) is 0 Å². The van der Waals surface area contributed by atoms with E-state index in [1.807, 2.05) is 20.8 Å². The van der Waals surface area contributed by atoms with Gasteiger partial charge in [0.2, 0.25) is 15.9 Å². The predicted molar refractivity (Wildman–Crippen MR) is 130 cm³/mol. The fourth-order valence-electron chi connectivity index (χ4n) is 3.82. The first kappa shape index (κ1) is 30.7. The fraction of sp³-hybridized carbons (Fsp3) is 0.480. The number of carbonyl (C=O) groups is 1. The third kappa shape index (κ3) is 8.57. The Morgan fingerprint density at radius 3 is 2.36 bits per heavy atom. The van der Waals surface area contributed by atoms with Gasteiger partial charge in [-0.3, -0.25) is 4.79 Å². The number of carbonyl (C=O) groups excluding carboxylic acids is 1. The van der Waals surface area contributed by atoms with E-state index in [1.165, 1.54) is 4.72 Å². The molecule has 2 aromatic carbocycles. The van der Waals surface area contributed by atoms with E-state index in [9.17, 15) is 39.6 Å². The second-order valence-electron chi connectivity index (χ2n) is 10.2. The van der Waals surface area contributed by atoms with Crippen LogP contribution in [-0.4, -0.2) is 38.7 Å². The summed E-state index contributed by atoms with van der Waals surface area (Å²) in [6.07, 6.45) is -11.2. The first-order valence-corrected chi connectivity index (χ1v) is 13.4. The van der Waals surface area contributed by atoms with Gasteiger partial charge in [-0.05, 0) is 50.6 Å². The standard InChI is InChI=1S/C25H29F6N3O4S/c1-23(2,3)32-14-15-7-8-18-19(9-10-38-20(18)11-15)33-22(35)13-21(25(29,30)31)34-39(36,37)17-6-4-5-16(12-17)24(26,27)28/h4-8,11-12,19,21,32,34H,9-10,13-14H2,1-3H3,(H,33,35)/t19-,21+/m1/s1. The average molecular weight is 582 g/mol. The molecule has 0 saturated carbocycles. The Kier molecular flexibility index (Phi) is 8.92. The minimum Gasteiger partial charge on any atom is -0.493 e. The zero-order valence-corrected chi connectivity index (χ0v) is 22.2. The number of amides is 1. The number of sulfonamides is 1. The molecule has 0 aliphatic carbocycles. The molecule has 3 rings (SSSR count). The zero-order valence-electron chi connectivity index (χ0n) is 21.3. The van der Waals surface area contributed by atoms with E-state index in [2.05, 4.69) is 10.6 Å². The number of rotatable bonds is 8. The first-order valence-electron chi connectivity index (χ1n) is 11.9. The third-order valence-corrected chi connectivity index (χ3v) is 7.30. The largest absolute Gasteiger partial charge is 0.493 e. The summed E-state index contributed by atoms with van der Waals surface area (Å²) < 4.78 is 112. The second-order valence-corrected chi connectivity index (χ2v) is 11.9. The number of alkyl halides is 6. The van der Waals surface area contributed by atoms with E-state index in [1.54, 1.807) is 18.2 Å². The van der Waals surface area contributed by atoms with Crippen molar-refractivity contribution in [2.45, 2.75) is 75.0 Å². The highest BCUT2D eigenvalue weighted by atomic mass is 32.2. The van der Waals surface area contributed by atoms with Crippen molar-refractivity contribution in [2.24, 2.45) is 0 Å². The van der Waals surface area contributed by atoms with Crippen LogP contribution in [-0.2, 0) is 27.5 Å². The Labute approximate surface area is 222 Å². The van der Waals surface area contributed by atoms with Crippen molar-refractivity contribution >= 4 is 15.9 Å². The summed E-state index contributed by atoms with van der Waals surface area (Å²) in [5.41, 5.74) is -0.0218. The van der Waals surface area contributed by atoms with E-state index < -0.39 is 57.2 Å². The molecule has 216 valence electrons. The Morgan fingerprint density at radius 2 is 1.74 bits per heavy atom. The molecule has 0 aromatic heterocycles. The van der Waals surface area contributed by atoms with Crippen LogP contribution in [0.1, 0.15) is 56.3 Å². The van der Waals surface area contributed by atoms with Crippen LogP contribution in [0.4, 0.5) is 26.3 Å². The average Bonchev–Trinajstić information content (AvgIpc) is 2.81. The fourth-order valence-corrected chi connectivity index (χ4v) is 5.09. The topological polar surface area (TPSA) is 96.5 Å². The van der Waals surface area contributed by atoms with Gasteiger partial charge in [0.25, 0.3) is 0 Å². The Hall–Kier alpha value is -2.84. The van der Waals surface area contributed by atoms with Gasteiger partial charge in [0.05, 0.1) is 29.5 Å². The number of fused-ring (bicyclic) bond motifs is 1. The molecule has 0 fully saturated rings. The van der Waals surface area contributed by atoms with Crippen molar-refractivity contribution < 1.29 is 44.3 Å². The highest BCUT2D eigenvalue weighted by Crippen LogP contribution is 2.34. The molecular weight excluding hydrogens is 552 g/mol. The molecule has 0 bridgehead atoms. The summed E-state index contributed by atoms with van der Waals surface area (Å²) in [5, 5.41) is 5.81. The Morgan fingerprint density at radius 1 is 1.05 bits per heavy atom. The highest BCUT2D eigenvalue weighted by Gasteiger charge is 2.44. The van der Waals surface area contributed by atoms with Crippen LogP contribution in [0.25, 0.3) is 0 Å². The van der Waals surface area contributed by atoms with Gasteiger partial charge in [0.1, 0.15) is 11.8 Å². The number of hydrogen-bond acceptors (Lipinski definition) is 5. The van der Waals surface area contributed by atoms with Crippen molar-refractivity contribution in [2.75, 3.05) is 6.61 Å². The first-order chi connectivity index (χ1) is 17.8. The summed E-state index contributed by atoms with van der Waals surface area (Å²) in [4.78, 5) is 11.6. The third-order valence-electron chi connectivity index (χ3n) is 5.83. The van der Waals surface area contributed by atoms with Crippen LogP contribution < -0.4 is 20.1 Å². The van der Waals surface area contributed by atoms with Crippen molar-refractivity contribution in [3.8, 4) is 5.75 Å². The van der Waals surface area contributed by atoms with Crippen LogP contribution in [0.15, 0.2) is 47.4 Å². The summed E-state index contributed by atoms with van der Waals surface area (Å²) in [5.74, 6) is -0.627. The van der Waals surface area contributed by atoms with Crippen molar-refractivity contribution in [1.82, 2.24) is 15.4 Å². The van der Waals surface area contributed by atoms with Crippen molar-refractivity contribution in [3.05, 3.63) is 59.2 Å². The minimum atomic E-state index is -5.20. The Bertz CT molecular complexity index is 1290. The SMILES string of the molecule is CC(C)(C)NCc1ccc2c(c1)OCC[C@H]2NC(=O)C[C@H](NS(=O)(=O)c1cccc(C(F)(F)F)c1)C(F)(F)F. The second kappa shape index (κ2) is 11.3. The van der Waals surface area contributed by atoms with Gasteiger partial charge in [-0.1, -0.05) is 18.2 Å². The molecule has 14 heteroatoms. The van der Waals surface area contributed by atoms with Crippen LogP contribution in [0.5, 0.6) is 5.75 Å². The Balaban J connectivity index is 1.73. The van der Waals surface area contributed by atoms with Crippen LogP contribution in [0, 0.1) is 0 Å². The quantitative estimate of drug-likeness (QED) is 0.388. The number of hydrogen-bond donors (Lipinski definition) is 3. The monoisotopic (exact) mass is 581 g/mol. The molecule has 1 heterocycles. The maximum absolute atomic E-state index is 13.7. The molecule has 3 N–H and O–H groups in total. The molecule has 1 aliphatic rings. The number of nitrogens with one attached hydrogen (secondary N) is 3. The van der Waals surface area contributed by atoms with E-state index in [-0.39, 0.29) is 24.6 Å². The lowest BCUT2D eigenvalue weighted by Gasteiger charge is -2.29. The van der Waals surface area contributed by atoms with E-state index in [0.29, 0.717) is 23.9 Å². The lowest BCUT2D eigenvalue weighted by atomic mass is 9.98. The lowest BCUT2D eigenvalue weighted by Crippen LogP contribution is -2.48. The summed E-state index contributed by atoms with van der Waals surface area (Å²) in [6.45, 7) is 6.74. The van der Waals surface area contributed by atoms with Crippen molar-refractivity contribution in [3.63, 3.8) is 0 Å². The smallest absolute Gasteiger partial charge is 0.416 e. The lowest BCUT2D eigenvalue weighted by molar-refractivity contribution is -0.158. The molecule has 0 spiro atoms. The summed E-state index contributed by atoms with van der Waals surface area (Å²) in [6, 6.07) is 4.03. The molecule has 0 saturated heterocycles. The number of benzene rings is 2. The zero-order chi connectivity index (χ0) is 29.2. The van der Waals surface area contributed by atoms with E-state index >= 15 is 0 Å². The molecule has 2 aromatic rings. The number of halogens is 6. The highest BCUT2D eigenvalue weighted by molar-refractivity contribution is 7.89. The van der Waals surface area contributed by atoms with Crippen molar-refractivity contribution in [1.29, 1.82) is 0 Å². The molecule has 0 radical (unpaired) electrons. The van der Waals surface area contributed by atoms with Gasteiger partial charge < -0.3 is 15.4 Å². The molecule has 2 atom stereocenters. The maximum Gasteiger partial charge on any atom is 0.416 e. The molecular formula is C25H29F6N3O4S. The predicted octanol–water partition coefficient (Wildman–Crippen LogP) is 4.83. The van der Waals surface area contributed by atoms with E-state index in [4.69, 9.17) is 4.74 Å². The minimum absolute atomic E-state index is 0.134. The molecule has 1 aliphatic heterocycles. The van der Waals surface area contributed by atoms with Crippen LogP contribution >= 0.6 is 0 Å². The van der Waals surface area contributed by atoms with Gasteiger partial charge in [0.15, 0.2) is 0 Å². The maximum atomic E-state index is 13.7. The summed E-state index contributed by atoms with van der Waals surface area (Å²) in [7, 11) is -5.05. The molecule has 1 amide bonds. The number of ether oxygens (including phenoxy) is 1. The molecule has 7 nitrogen and oxygen atoms in total. The van der Waals surface area contributed by atoms with Gasteiger partial charge in [-0.25, -0.2) is 8.42 Å². The van der Waals surface area contributed by atoms with Gasteiger partial charge in [0, 0.05) is 24.1 Å². The molecule has 0 unspecified atom stereocenters. The van der Waals surface area contributed by atoms with Crippen LogP contribution in [0.3, 0.4) is 0 Å². The van der Waals surface area contributed by atoms with Gasteiger partial charge in [-0.15, -0.1) is 0 Å².